The molecule has 0 atom stereocenters. The molecule has 1 aliphatic carbocycles. The van der Waals surface area contributed by atoms with Gasteiger partial charge in [0.2, 0.25) is 0 Å². The van der Waals surface area contributed by atoms with Crippen LogP contribution in [-0.2, 0) is 6.18 Å². The molecule has 0 radical (unpaired) electrons. The number of rotatable bonds is 5. The minimum absolute atomic E-state index is 0.0947. The Bertz CT molecular complexity index is 846. The van der Waals surface area contributed by atoms with E-state index >= 15 is 0 Å². The summed E-state index contributed by atoms with van der Waals surface area (Å²) in [6, 6.07) is 8.73. The van der Waals surface area contributed by atoms with Crippen molar-refractivity contribution in [2.75, 3.05) is 0 Å². The number of alkyl halides is 3. The molecule has 1 fully saturated rings. The van der Waals surface area contributed by atoms with Crippen molar-refractivity contribution in [2.24, 2.45) is 5.92 Å². The molecule has 0 unspecified atom stereocenters. The second kappa shape index (κ2) is 8.93. The molecule has 0 saturated heterocycles. The van der Waals surface area contributed by atoms with Crippen molar-refractivity contribution in [1.29, 1.82) is 0 Å². The molecule has 0 aliphatic heterocycles. The maximum atomic E-state index is 13.8. The van der Waals surface area contributed by atoms with Gasteiger partial charge in [0.25, 0.3) is 0 Å². The third kappa shape index (κ3) is 5.14. The SMILES string of the molecule is C=CC=CCC1CCC(c2ccc(-c3cc(F)c(C(F)(F)F)c(F)c3)cc2)CC1. The van der Waals surface area contributed by atoms with Gasteiger partial charge in [-0.3, -0.25) is 0 Å². The lowest BCUT2D eigenvalue weighted by Gasteiger charge is -2.28. The van der Waals surface area contributed by atoms with Crippen molar-refractivity contribution in [1.82, 2.24) is 0 Å². The highest BCUT2D eigenvalue weighted by atomic mass is 19.4. The van der Waals surface area contributed by atoms with Gasteiger partial charge in [-0.25, -0.2) is 8.78 Å². The number of hydrogen-bond donors (Lipinski definition) is 0. The van der Waals surface area contributed by atoms with Crippen molar-refractivity contribution in [3.63, 3.8) is 0 Å². The maximum Gasteiger partial charge on any atom is 0.422 e. The van der Waals surface area contributed by atoms with E-state index < -0.39 is 23.4 Å². The molecule has 29 heavy (non-hydrogen) atoms. The van der Waals surface area contributed by atoms with Gasteiger partial charge in [0.15, 0.2) is 0 Å². The summed E-state index contributed by atoms with van der Waals surface area (Å²) in [7, 11) is 0. The average molecular weight is 406 g/mol. The van der Waals surface area contributed by atoms with Crippen LogP contribution in [0.25, 0.3) is 11.1 Å². The predicted molar refractivity (Wildman–Crippen MR) is 105 cm³/mol. The van der Waals surface area contributed by atoms with Crippen LogP contribution in [0.5, 0.6) is 0 Å². The minimum atomic E-state index is -5.06. The second-order valence-electron chi connectivity index (χ2n) is 7.55. The molecule has 1 aliphatic rings. The van der Waals surface area contributed by atoms with Crippen LogP contribution >= 0.6 is 0 Å². The molecule has 0 amide bonds. The van der Waals surface area contributed by atoms with E-state index in [0.29, 0.717) is 17.4 Å². The van der Waals surface area contributed by atoms with Gasteiger partial charge in [0.1, 0.15) is 17.2 Å². The molecule has 0 N–H and O–H groups in total. The molecule has 2 aromatic rings. The number of allylic oxidation sites excluding steroid dienone is 3. The monoisotopic (exact) mass is 406 g/mol. The van der Waals surface area contributed by atoms with E-state index in [0.717, 1.165) is 49.8 Å². The number of benzene rings is 2. The van der Waals surface area contributed by atoms with Crippen molar-refractivity contribution >= 4 is 0 Å². The largest absolute Gasteiger partial charge is 0.422 e. The Morgan fingerprint density at radius 3 is 2.00 bits per heavy atom. The molecular weight excluding hydrogens is 383 g/mol. The first-order valence-corrected chi connectivity index (χ1v) is 9.73. The van der Waals surface area contributed by atoms with Gasteiger partial charge in [0, 0.05) is 0 Å². The van der Waals surface area contributed by atoms with E-state index in [-0.39, 0.29) is 5.56 Å². The first-order valence-electron chi connectivity index (χ1n) is 9.73. The molecule has 0 bridgehead atoms. The Hall–Kier alpha value is -2.43. The summed E-state index contributed by atoms with van der Waals surface area (Å²) in [5.74, 6) is -2.08. The Morgan fingerprint density at radius 1 is 0.897 bits per heavy atom. The molecule has 154 valence electrons. The van der Waals surface area contributed by atoms with Crippen LogP contribution < -0.4 is 0 Å². The van der Waals surface area contributed by atoms with Crippen LogP contribution in [0.15, 0.2) is 61.2 Å². The van der Waals surface area contributed by atoms with Crippen molar-refractivity contribution in [3.05, 3.63) is 84.0 Å². The zero-order chi connectivity index (χ0) is 21.0. The summed E-state index contributed by atoms with van der Waals surface area (Å²) in [4.78, 5) is 0. The van der Waals surface area contributed by atoms with Gasteiger partial charge in [-0.2, -0.15) is 13.2 Å². The highest BCUT2D eigenvalue weighted by molar-refractivity contribution is 5.64. The fraction of sp³-hybridized carbons (Fsp3) is 0.333. The molecule has 1 saturated carbocycles. The van der Waals surface area contributed by atoms with Crippen LogP contribution in [0.1, 0.15) is 49.1 Å². The first-order chi connectivity index (χ1) is 13.8. The molecule has 3 rings (SSSR count). The summed E-state index contributed by atoms with van der Waals surface area (Å²) >= 11 is 0. The Kier molecular flexibility index (Phi) is 6.56. The lowest BCUT2D eigenvalue weighted by Crippen LogP contribution is -2.13. The van der Waals surface area contributed by atoms with E-state index in [4.69, 9.17) is 0 Å². The zero-order valence-corrected chi connectivity index (χ0v) is 16.0. The minimum Gasteiger partial charge on any atom is -0.206 e. The van der Waals surface area contributed by atoms with E-state index in [9.17, 15) is 22.0 Å². The van der Waals surface area contributed by atoms with Crippen molar-refractivity contribution in [2.45, 2.75) is 44.2 Å². The summed E-state index contributed by atoms with van der Waals surface area (Å²) in [6.07, 6.45) is 6.34. The molecule has 5 heteroatoms. The van der Waals surface area contributed by atoms with Crippen molar-refractivity contribution < 1.29 is 22.0 Å². The normalized spacial score (nSPS) is 20.2. The highest BCUT2D eigenvalue weighted by Crippen LogP contribution is 2.39. The quantitative estimate of drug-likeness (QED) is 0.348. The maximum absolute atomic E-state index is 13.8. The third-order valence-corrected chi connectivity index (χ3v) is 5.63. The van der Waals surface area contributed by atoms with Crippen LogP contribution in [0.2, 0.25) is 0 Å². The van der Waals surface area contributed by atoms with E-state index in [1.165, 1.54) is 0 Å². The number of hydrogen-bond acceptors (Lipinski definition) is 0. The lowest BCUT2D eigenvalue weighted by molar-refractivity contribution is -0.142. The molecule has 0 aromatic heterocycles. The Morgan fingerprint density at radius 2 is 1.48 bits per heavy atom. The van der Waals surface area contributed by atoms with Gasteiger partial charge < -0.3 is 0 Å². The lowest BCUT2D eigenvalue weighted by atomic mass is 9.77. The summed E-state index contributed by atoms with van der Waals surface area (Å²) < 4.78 is 65.9. The fourth-order valence-corrected chi connectivity index (χ4v) is 4.06. The second-order valence-corrected chi connectivity index (χ2v) is 7.55. The molecule has 2 aromatic carbocycles. The smallest absolute Gasteiger partial charge is 0.206 e. The standard InChI is InChI=1S/C24H23F5/c1-2-3-4-5-16-6-8-17(9-7-16)18-10-12-19(13-11-18)20-14-21(25)23(22(26)15-20)24(27,28)29/h2-4,10-17H,1,5-9H2. The van der Waals surface area contributed by atoms with E-state index in [2.05, 4.69) is 12.7 Å². The third-order valence-electron chi connectivity index (χ3n) is 5.63. The summed E-state index contributed by atoms with van der Waals surface area (Å²) in [5, 5.41) is 0. The average Bonchev–Trinajstić information content (AvgIpc) is 2.67. The zero-order valence-electron chi connectivity index (χ0n) is 16.0. The van der Waals surface area contributed by atoms with Crippen LogP contribution in [0.3, 0.4) is 0 Å². The highest BCUT2D eigenvalue weighted by Gasteiger charge is 2.38. The first kappa shape index (κ1) is 21.3. The van der Waals surface area contributed by atoms with Gasteiger partial charge in [-0.1, -0.05) is 49.1 Å². The predicted octanol–water partition coefficient (Wildman–Crippen LogP) is 8.06. The molecule has 0 nitrogen and oxygen atoms in total. The molecule has 0 heterocycles. The van der Waals surface area contributed by atoms with Gasteiger partial charge in [0.05, 0.1) is 0 Å². The van der Waals surface area contributed by atoms with Crippen LogP contribution in [-0.4, -0.2) is 0 Å². The number of halogens is 5. The van der Waals surface area contributed by atoms with E-state index in [1.54, 1.807) is 18.2 Å². The summed E-state index contributed by atoms with van der Waals surface area (Å²) in [5.41, 5.74) is -0.111. The fourth-order valence-electron chi connectivity index (χ4n) is 4.06. The van der Waals surface area contributed by atoms with Crippen LogP contribution in [0.4, 0.5) is 22.0 Å². The topological polar surface area (TPSA) is 0 Å². The Labute approximate surface area is 167 Å². The Balaban J connectivity index is 1.70. The van der Waals surface area contributed by atoms with Crippen molar-refractivity contribution in [3.8, 4) is 11.1 Å². The van der Waals surface area contributed by atoms with E-state index in [1.807, 2.05) is 18.2 Å². The molecule has 0 spiro atoms. The van der Waals surface area contributed by atoms with Gasteiger partial charge in [-0.15, -0.1) is 0 Å². The van der Waals surface area contributed by atoms with Gasteiger partial charge in [-0.05, 0) is 72.8 Å². The molecular formula is C24H23F5. The summed E-state index contributed by atoms with van der Waals surface area (Å²) in [6.45, 7) is 3.67. The van der Waals surface area contributed by atoms with Crippen LogP contribution in [0, 0.1) is 17.6 Å². The van der Waals surface area contributed by atoms with Gasteiger partial charge >= 0.3 is 6.18 Å².